The standard InChI is InChI=1S/C27H36N2O3S/c1-3-25(27(31)28-23-11-7-8-12-23)29(19-21-13-15-24(32-2)16-14-21)26(30)17-18-33-20-22-9-5-4-6-10-22/h4-6,9-10,13-16,23,25H,3,7-8,11-12,17-20H2,1-2H3,(H,28,31)/t25-/m1/s1. The van der Waals surface area contributed by atoms with Crippen molar-refractivity contribution >= 4 is 23.6 Å². The lowest BCUT2D eigenvalue weighted by Crippen LogP contribution is -2.51. The van der Waals surface area contributed by atoms with Gasteiger partial charge in [0.1, 0.15) is 11.8 Å². The van der Waals surface area contributed by atoms with Gasteiger partial charge in [0.2, 0.25) is 11.8 Å². The molecule has 0 radical (unpaired) electrons. The number of rotatable bonds is 12. The lowest BCUT2D eigenvalue weighted by Gasteiger charge is -2.31. The smallest absolute Gasteiger partial charge is 0.243 e. The molecule has 1 N–H and O–H groups in total. The molecular weight excluding hydrogens is 432 g/mol. The highest BCUT2D eigenvalue weighted by Crippen LogP contribution is 2.21. The minimum absolute atomic E-state index is 0.0248. The van der Waals surface area contributed by atoms with E-state index in [-0.39, 0.29) is 17.9 Å². The average molecular weight is 469 g/mol. The van der Waals surface area contributed by atoms with Gasteiger partial charge in [-0.05, 0) is 42.5 Å². The minimum atomic E-state index is -0.459. The molecule has 1 saturated carbocycles. The zero-order valence-corrected chi connectivity index (χ0v) is 20.6. The number of nitrogens with zero attached hydrogens (tertiary/aromatic N) is 1. The summed E-state index contributed by atoms with van der Waals surface area (Å²) >= 11 is 1.75. The highest BCUT2D eigenvalue weighted by atomic mass is 32.2. The second-order valence-corrected chi connectivity index (χ2v) is 9.68. The lowest BCUT2D eigenvalue weighted by atomic mass is 10.1. The molecule has 2 amide bonds. The van der Waals surface area contributed by atoms with Crippen molar-refractivity contribution in [3.63, 3.8) is 0 Å². The first-order chi connectivity index (χ1) is 16.1. The van der Waals surface area contributed by atoms with E-state index >= 15 is 0 Å². The fourth-order valence-electron chi connectivity index (χ4n) is 4.28. The summed E-state index contributed by atoms with van der Waals surface area (Å²) in [5, 5.41) is 3.20. The fourth-order valence-corrected chi connectivity index (χ4v) is 5.17. The summed E-state index contributed by atoms with van der Waals surface area (Å²) in [5.74, 6) is 2.39. The van der Waals surface area contributed by atoms with E-state index in [0.29, 0.717) is 19.4 Å². The Hall–Kier alpha value is -2.47. The molecule has 2 aromatic rings. The van der Waals surface area contributed by atoms with Crippen LogP contribution in [-0.4, -0.2) is 41.7 Å². The van der Waals surface area contributed by atoms with Gasteiger partial charge in [0.25, 0.3) is 0 Å². The van der Waals surface area contributed by atoms with E-state index in [0.717, 1.165) is 48.5 Å². The molecule has 0 spiro atoms. The van der Waals surface area contributed by atoms with Gasteiger partial charge in [-0.15, -0.1) is 0 Å². The van der Waals surface area contributed by atoms with Gasteiger partial charge in [-0.3, -0.25) is 9.59 Å². The molecule has 0 bridgehead atoms. The molecule has 1 aliphatic carbocycles. The first-order valence-corrected chi connectivity index (χ1v) is 13.1. The number of hydrogen-bond acceptors (Lipinski definition) is 4. The van der Waals surface area contributed by atoms with Crippen LogP contribution in [0.15, 0.2) is 54.6 Å². The van der Waals surface area contributed by atoms with Gasteiger partial charge in [-0.2, -0.15) is 11.8 Å². The molecule has 5 nitrogen and oxygen atoms in total. The van der Waals surface area contributed by atoms with Crippen LogP contribution in [0.3, 0.4) is 0 Å². The van der Waals surface area contributed by atoms with E-state index in [4.69, 9.17) is 4.74 Å². The quantitative estimate of drug-likeness (QED) is 0.436. The number of amides is 2. The molecule has 0 saturated heterocycles. The molecule has 0 heterocycles. The highest BCUT2D eigenvalue weighted by Gasteiger charge is 2.30. The van der Waals surface area contributed by atoms with Gasteiger partial charge in [-0.25, -0.2) is 0 Å². The normalized spacial score (nSPS) is 14.6. The second-order valence-electron chi connectivity index (χ2n) is 8.57. The first-order valence-electron chi connectivity index (χ1n) is 11.9. The van der Waals surface area contributed by atoms with E-state index in [1.807, 2.05) is 49.4 Å². The highest BCUT2D eigenvalue weighted by molar-refractivity contribution is 7.98. The number of carbonyl (C=O) groups excluding carboxylic acids is 2. The molecule has 6 heteroatoms. The summed E-state index contributed by atoms with van der Waals surface area (Å²) in [5.41, 5.74) is 2.25. The van der Waals surface area contributed by atoms with Gasteiger partial charge in [0.15, 0.2) is 0 Å². The third kappa shape index (κ3) is 7.81. The second kappa shape index (κ2) is 13.3. The number of carbonyl (C=O) groups is 2. The maximum absolute atomic E-state index is 13.3. The Balaban J connectivity index is 1.65. The molecule has 0 aliphatic heterocycles. The number of methoxy groups -OCH3 is 1. The summed E-state index contributed by atoms with van der Waals surface area (Å²) in [6, 6.07) is 17.8. The van der Waals surface area contributed by atoms with Gasteiger partial charge < -0.3 is 15.0 Å². The van der Waals surface area contributed by atoms with Crippen LogP contribution >= 0.6 is 11.8 Å². The van der Waals surface area contributed by atoms with Crippen molar-refractivity contribution in [2.24, 2.45) is 0 Å². The molecule has 33 heavy (non-hydrogen) atoms. The van der Waals surface area contributed by atoms with Crippen LogP contribution in [0.4, 0.5) is 0 Å². The maximum atomic E-state index is 13.3. The van der Waals surface area contributed by atoms with Gasteiger partial charge in [0, 0.05) is 30.5 Å². The third-order valence-corrected chi connectivity index (χ3v) is 7.20. The van der Waals surface area contributed by atoms with Crippen molar-refractivity contribution in [2.75, 3.05) is 12.9 Å². The van der Waals surface area contributed by atoms with E-state index in [2.05, 4.69) is 17.4 Å². The molecule has 1 aliphatic rings. The van der Waals surface area contributed by atoms with Gasteiger partial charge >= 0.3 is 0 Å². The minimum Gasteiger partial charge on any atom is -0.497 e. The Morgan fingerprint density at radius 3 is 2.39 bits per heavy atom. The Morgan fingerprint density at radius 1 is 1.06 bits per heavy atom. The van der Waals surface area contributed by atoms with E-state index in [1.165, 1.54) is 5.56 Å². The predicted octanol–water partition coefficient (Wildman–Crippen LogP) is 5.18. The predicted molar refractivity (Wildman–Crippen MR) is 135 cm³/mol. The average Bonchev–Trinajstić information content (AvgIpc) is 3.35. The molecule has 1 fully saturated rings. The molecular formula is C27H36N2O3S. The van der Waals surface area contributed by atoms with Crippen molar-refractivity contribution in [3.05, 3.63) is 65.7 Å². The summed E-state index contributed by atoms with van der Waals surface area (Å²) < 4.78 is 5.26. The van der Waals surface area contributed by atoms with E-state index < -0.39 is 6.04 Å². The molecule has 2 aromatic carbocycles. The summed E-state index contributed by atoms with van der Waals surface area (Å²) in [6.45, 7) is 2.40. The first kappa shape index (κ1) is 25.2. The van der Waals surface area contributed by atoms with E-state index in [9.17, 15) is 9.59 Å². The fraction of sp³-hybridized carbons (Fsp3) is 0.481. The zero-order chi connectivity index (χ0) is 23.5. The monoisotopic (exact) mass is 468 g/mol. The lowest BCUT2D eigenvalue weighted by molar-refractivity contribution is -0.141. The van der Waals surface area contributed by atoms with E-state index in [1.54, 1.807) is 23.8 Å². The summed E-state index contributed by atoms with van der Waals surface area (Å²) in [7, 11) is 1.64. The van der Waals surface area contributed by atoms with Crippen LogP contribution in [0.2, 0.25) is 0 Å². The molecule has 1 atom stereocenters. The van der Waals surface area contributed by atoms with Crippen LogP contribution in [0.5, 0.6) is 5.75 Å². The van der Waals surface area contributed by atoms with Gasteiger partial charge in [0.05, 0.1) is 7.11 Å². The van der Waals surface area contributed by atoms with Crippen molar-refractivity contribution in [3.8, 4) is 5.75 Å². The molecule has 178 valence electrons. The Morgan fingerprint density at radius 2 is 1.76 bits per heavy atom. The number of hydrogen-bond donors (Lipinski definition) is 1. The van der Waals surface area contributed by atoms with Crippen LogP contribution in [0, 0.1) is 0 Å². The van der Waals surface area contributed by atoms with Crippen molar-refractivity contribution in [2.45, 2.75) is 69.8 Å². The SMILES string of the molecule is CC[C@H](C(=O)NC1CCCC1)N(Cc1ccc(OC)cc1)C(=O)CCSCc1ccccc1. The van der Waals surface area contributed by atoms with Crippen molar-refractivity contribution in [1.82, 2.24) is 10.2 Å². The summed E-state index contributed by atoms with van der Waals surface area (Å²) in [4.78, 5) is 28.3. The zero-order valence-electron chi connectivity index (χ0n) is 19.8. The summed E-state index contributed by atoms with van der Waals surface area (Å²) in [6.07, 6.45) is 5.40. The third-order valence-electron chi connectivity index (χ3n) is 6.17. The van der Waals surface area contributed by atoms with Crippen LogP contribution < -0.4 is 10.1 Å². The Labute approximate surface area is 202 Å². The Kier molecular flexibility index (Phi) is 10.1. The van der Waals surface area contributed by atoms with Crippen molar-refractivity contribution < 1.29 is 14.3 Å². The number of thioether (sulfide) groups is 1. The van der Waals surface area contributed by atoms with Crippen LogP contribution in [0.1, 0.15) is 56.6 Å². The molecule has 0 unspecified atom stereocenters. The number of nitrogens with one attached hydrogen (secondary N) is 1. The van der Waals surface area contributed by atoms with Gasteiger partial charge in [-0.1, -0.05) is 62.2 Å². The number of benzene rings is 2. The largest absolute Gasteiger partial charge is 0.497 e. The van der Waals surface area contributed by atoms with Crippen molar-refractivity contribution in [1.29, 1.82) is 0 Å². The molecule has 3 rings (SSSR count). The topological polar surface area (TPSA) is 58.6 Å². The molecule has 0 aromatic heterocycles. The Bertz CT molecular complexity index is 867. The number of ether oxygens (including phenoxy) is 1. The van der Waals surface area contributed by atoms with Crippen LogP contribution in [-0.2, 0) is 21.9 Å². The van der Waals surface area contributed by atoms with Crippen LogP contribution in [0.25, 0.3) is 0 Å². The maximum Gasteiger partial charge on any atom is 0.243 e.